The van der Waals surface area contributed by atoms with E-state index in [9.17, 15) is 9.18 Å². The van der Waals surface area contributed by atoms with Gasteiger partial charge in [0.15, 0.2) is 0 Å². The second-order valence-corrected chi connectivity index (χ2v) is 4.01. The number of fused-ring (bicyclic) bond motifs is 1. The minimum Gasteiger partial charge on any atom is -0.337 e. The molecule has 0 saturated carbocycles. The fraction of sp³-hybridized carbons (Fsp3) is 0.417. The zero-order valence-electron chi connectivity index (χ0n) is 9.70. The Kier molecular flexibility index (Phi) is 4.90. The van der Waals surface area contributed by atoms with Crippen molar-refractivity contribution in [2.75, 3.05) is 20.1 Å². The third-order valence-corrected chi connectivity index (χ3v) is 2.86. The highest BCUT2D eigenvalue weighted by molar-refractivity contribution is 5.85. The van der Waals surface area contributed by atoms with Crippen LogP contribution >= 0.6 is 12.4 Å². The van der Waals surface area contributed by atoms with E-state index in [0.717, 1.165) is 24.1 Å². The highest BCUT2D eigenvalue weighted by Crippen LogP contribution is 2.19. The number of nitrogens with zero attached hydrogens (tertiary/aromatic N) is 1. The zero-order chi connectivity index (χ0) is 11.5. The molecule has 2 rings (SSSR count). The molecule has 94 valence electrons. The van der Waals surface area contributed by atoms with Crippen LogP contribution in [0.4, 0.5) is 4.39 Å². The summed E-state index contributed by atoms with van der Waals surface area (Å²) in [4.78, 5) is 13.4. The monoisotopic (exact) mass is 258 g/mol. The Bertz CT molecular complexity index is 411. The molecule has 17 heavy (non-hydrogen) atoms. The van der Waals surface area contributed by atoms with Gasteiger partial charge in [-0.05, 0) is 36.7 Å². The first kappa shape index (κ1) is 13.9. The molecule has 0 bridgehead atoms. The van der Waals surface area contributed by atoms with E-state index in [1.807, 2.05) is 6.07 Å². The van der Waals surface area contributed by atoms with E-state index >= 15 is 0 Å². The van der Waals surface area contributed by atoms with Crippen molar-refractivity contribution in [1.29, 1.82) is 0 Å². The Morgan fingerprint density at radius 1 is 1.47 bits per heavy atom. The van der Waals surface area contributed by atoms with Crippen LogP contribution in [0.15, 0.2) is 18.2 Å². The van der Waals surface area contributed by atoms with Crippen LogP contribution in [0, 0.1) is 5.82 Å². The fourth-order valence-electron chi connectivity index (χ4n) is 2.00. The molecule has 0 aliphatic carbocycles. The van der Waals surface area contributed by atoms with Crippen LogP contribution in [-0.2, 0) is 17.8 Å². The Morgan fingerprint density at radius 2 is 2.24 bits per heavy atom. The lowest BCUT2D eigenvalue weighted by Gasteiger charge is -2.28. The zero-order valence-corrected chi connectivity index (χ0v) is 10.5. The van der Waals surface area contributed by atoms with Gasteiger partial charge in [0.05, 0.1) is 6.54 Å². The van der Waals surface area contributed by atoms with Crippen molar-refractivity contribution >= 4 is 18.3 Å². The fourth-order valence-corrected chi connectivity index (χ4v) is 2.00. The van der Waals surface area contributed by atoms with E-state index in [0.29, 0.717) is 13.1 Å². The lowest BCUT2D eigenvalue weighted by Crippen LogP contribution is -2.40. The summed E-state index contributed by atoms with van der Waals surface area (Å²) in [5.41, 5.74) is 2.07. The summed E-state index contributed by atoms with van der Waals surface area (Å²) in [5.74, 6) is -0.168. The van der Waals surface area contributed by atoms with Crippen molar-refractivity contribution < 1.29 is 9.18 Å². The molecule has 1 N–H and O–H groups in total. The number of hydrogen-bond donors (Lipinski definition) is 1. The molecule has 3 nitrogen and oxygen atoms in total. The molecule has 0 radical (unpaired) electrons. The molecule has 0 saturated heterocycles. The van der Waals surface area contributed by atoms with Gasteiger partial charge in [0, 0.05) is 13.1 Å². The first-order valence-corrected chi connectivity index (χ1v) is 5.40. The van der Waals surface area contributed by atoms with Crippen molar-refractivity contribution in [2.45, 2.75) is 13.0 Å². The van der Waals surface area contributed by atoms with Crippen LogP contribution in [0.25, 0.3) is 0 Å². The number of likely N-dealkylation sites (N-methyl/N-ethyl adjacent to an activating group) is 1. The van der Waals surface area contributed by atoms with Crippen LogP contribution in [-0.4, -0.2) is 30.9 Å². The number of rotatable bonds is 2. The van der Waals surface area contributed by atoms with E-state index in [4.69, 9.17) is 0 Å². The molecule has 1 heterocycles. The summed E-state index contributed by atoms with van der Waals surface area (Å²) in [6, 6.07) is 4.81. The molecule has 0 aromatic heterocycles. The van der Waals surface area contributed by atoms with Crippen LogP contribution in [0.3, 0.4) is 0 Å². The van der Waals surface area contributed by atoms with Gasteiger partial charge in [0.2, 0.25) is 5.91 Å². The van der Waals surface area contributed by atoms with Gasteiger partial charge in [0.1, 0.15) is 5.82 Å². The third-order valence-electron chi connectivity index (χ3n) is 2.86. The van der Waals surface area contributed by atoms with Gasteiger partial charge in [-0.15, -0.1) is 12.4 Å². The van der Waals surface area contributed by atoms with Gasteiger partial charge in [-0.2, -0.15) is 0 Å². The molecular formula is C12H16ClFN2O. The van der Waals surface area contributed by atoms with E-state index < -0.39 is 0 Å². The summed E-state index contributed by atoms with van der Waals surface area (Å²) in [6.07, 6.45) is 0.811. The van der Waals surface area contributed by atoms with Crippen molar-refractivity contribution in [1.82, 2.24) is 10.2 Å². The number of hydrogen-bond acceptors (Lipinski definition) is 2. The standard InChI is InChI=1S/C12H15FN2O.ClH/c1-14-7-12(16)15-5-4-9-2-3-11(13)6-10(9)8-15;/h2-3,6,14H,4-5,7-8H2,1H3;1H. The van der Waals surface area contributed by atoms with Crippen LogP contribution in [0.2, 0.25) is 0 Å². The second kappa shape index (κ2) is 5.98. The van der Waals surface area contributed by atoms with Crippen molar-refractivity contribution in [3.63, 3.8) is 0 Å². The Labute approximate surface area is 106 Å². The van der Waals surface area contributed by atoms with Crippen LogP contribution in [0.5, 0.6) is 0 Å². The van der Waals surface area contributed by atoms with Gasteiger partial charge >= 0.3 is 0 Å². The summed E-state index contributed by atoms with van der Waals surface area (Å²) < 4.78 is 13.1. The molecule has 1 amide bonds. The molecule has 0 spiro atoms. The van der Waals surface area contributed by atoms with E-state index in [-0.39, 0.29) is 24.1 Å². The Balaban J connectivity index is 0.00000144. The first-order valence-electron chi connectivity index (χ1n) is 5.40. The number of carbonyl (C=O) groups is 1. The number of halogens is 2. The van der Waals surface area contributed by atoms with Crippen LogP contribution < -0.4 is 5.32 Å². The lowest BCUT2D eigenvalue weighted by atomic mass is 9.99. The molecule has 1 aliphatic heterocycles. The molecule has 5 heteroatoms. The normalized spacial score (nSPS) is 13.9. The van der Waals surface area contributed by atoms with E-state index in [1.54, 1.807) is 11.9 Å². The lowest BCUT2D eigenvalue weighted by molar-refractivity contribution is -0.131. The first-order chi connectivity index (χ1) is 7.70. The molecule has 0 unspecified atom stereocenters. The maximum absolute atomic E-state index is 13.1. The maximum Gasteiger partial charge on any atom is 0.236 e. The molecular weight excluding hydrogens is 243 g/mol. The van der Waals surface area contributed by atoms with Gasteiger partial charge in [-0.1, -0.05) is 6.07 Å². The average Bonchev–Trinajstić information content (AvgIpc) is 2.28. The molecule has 1 aromatic rings. The molecule has 0 fully saturated rings. The molecule has 1 aromatic carbocycles. The SMILES string of the molecule is CNCC(=O)N1CCc2ccc(F)cc2C1.Cl. The topological polar surface area (TPSA) is 32.3 Å². The summed E-state index contributed by atoms with van der Waals surface area (Å²) in [6.45, 7) is 1.58. The predicted octanol–water partition coefficient (Wildman–Crippen LogP) is 1.35. The number of nitrogens with one attached hydrogen (secondary N) is 1. The number of carbonyl (C=O) groups excluding carboxylic acids is 1. The highest BCUT2D eigenvalue weighted by atomic mass is 35.5. The van der Waals surface area contributed by atoms with Gasteiger partial charge in [0.25, 0.3) is 0 Å². The smallest absolute Gasteiger partial charge is 0.236 e. The Hall–Kier alpha value is -1.13. The summed E-state index contributed by atoms with van der Waals surface area (Å²) >= 11 is 0. The summed E-state index contributed by atoms with van der Waals surface area (Å²) in [5, 5.41) is 2.83. The minimum atomic E-state index is -0.235. The van der Waals surface area contributed by atoms with Gasteiger partial charge in [-0.25, -0.2) is 4.39 Å². The highest BCUT2D eigenvalue weighted by Gasteiger charge is 2.20. The largest absolute Gasteiger partial charge is 0.337 e. The third kappa shape index (κ3) is 3.17. The quantitative estimate of drug-likeness (QED) is 0.869. The van der Waals surface area contributed by atoms with E-state index in [2.05, 4.69) is 5.32 Å². The molecule has 0 atom stereocenters. The maximum atomic E-state index is 13.1. The number of amides is 1. The predicted molar refractivity (Wildman–Crippen MR) is 66.7 cm³/mol. The van der Waals surface area contributed by atoms with Crippen molar-refractivity contribution in [2.24, 2.45) is 0 Å². The van der Waals surface area contributed by atoms with Gasteiger partial charge in [-0.3, -0.25) is 4.79 Å². The van der Waals surface area contributed by atoms with Gasteiger partial charge < -0.3 is 10.2 Å². The van der Waals surface area contributed by atoms with Crippen molar-refractivity contribution in [3.8, 4) is 0 Å². The summed E-state index contributed by atoms with van der Waals surface area (Å²) in [7, 11) is 1.75. The second-order valence-electron chi connectivity index (χ2n) is 4.01. The minimum absolute atomic E-state index is 0. The van der Waals surface area contributed by atoms with E-state index in [1.165, 1.54) is 12.1 Å². The molecule has 1 aliphatic rings. The number of benzene rings is 1. The average molecular weight is 259 g/mol. The van der Waals surface area contributed by atoms with Crippen LogP contribution in [0.1, 0.15) is 11.1 Å². The Morgan fingerprint density at radius 3 is 2.94 bits per heavy atom. The van der Waals surface area contributed by atoms with Crippen molar-refractivity contribution in [3.05, 3.63) is 35.1 Å².